The molecule has 0 aromatic heterocycles. The Balaban J connectivity index is 1.68. The lowest BCUT2D eigenvalue weighted by molar-refractivity contribution is 0.222. The van der Waals surface area contributed by atoms with Crippen LogP contribution in [0.3, 0.4) is 0 Å². The minimum Gasteiger partial charge on any atom is -0.300 e. The zero-order valence-electron chi connectivity index (χ0n) is 12.9. The molecule has 1 nitrogen and oxygen atoms in total. The molecule has 1 saturated heterocycles. The topological polar surface area (TPSA) is 3.24 Å². The summed E-state index contributed by atoms with van der Waals surface area (Å²) < 4.78 is 14.2. The first kappa shape index (κ1) is 14.0. The summed E-state index contributed by atoms with van der Waals surface area (Å²) in [6.07, 6.45) is 6.09. The molecule has 0 N–H and O–H groups in total. The Hall–Kier alpha value is -1.67. The highest BCUT2D eigenvalue weighted by atomic mass is 19.1. The fraction of sp³-hybridized carbons (Fsp3) is 0.400. The molecular formula is C20H22FN. The first-order valence-corrected chi connectivity index (χ1v) is 8.42. The number of nitrogens with zero attached hydrogens (tertiary/aromatic N) is 1. The molecule has 0 saturated carbocycles. The highest BCUT2D eigenvalue weighted by Gasteiger charge is 2.27. The quantitative estimate of drug-likeness (QED) is 0.791. The van der Waals surface area contributed by atoms with E-state index < -0.39 is 0 Å². The zero-order chi connectivity index (χ0) is 14.9. The van der Waals surface area contributed by atoms with Gasteiger partial charge in [0.2, 0.25) is 0 Å². The average Bonchev–Trinajstić information content (AvgIpc) is 3.09. The summed E-state index contributed by atoms with van der Waals surface area (Å²) in [6.45, 7) is 2.51. The zero-order valence-corrected chi connectivity index (χ0v) is 12.9. The lowest BCUT2D eigenvalue weighted by Crippen LogP contribution is -2.37. The van der Waals surface area contributed by atoms with E-state index in [1.54, 1.807) is 12.1 Å². The maximum Gasteiger partial charge on any atom is 0.131 e. The van der Waals surface area contributed by atoms with Crippen LogP contribution >= 0.6 is 0 Å². The summed E-state index contributed by atoms with van der Waals surface area (Å²) in [5.41, 5.74) is 4.63. The Morgan fingerprint density at radius 2 is 1.68 bits per heavy atom. The van der Waals surface area contributed by atoms with Crippen LogP contribution in [0.25, 0.3) is 11.1 Å². The third-order valence-corrected chi connectivity index (χ3v) is 5.28. The van der Waals surface area contributed by atoms with Crippen LogP contribution in [0.4, 0.5) is 4.39 Å². The van der Waals surface area contributed by atoms with Crippen molar-refractivity contribution >= 4 is 0 Å². The Bertz CT molecular complexity index is 673. The maximum absolute atomic E-state index is 14.2. The van der Waals surface area contributed by atoms with Gasteiger partial charge in [0.05, 0.1) is 0 Å². The standard InChI is InChI=1S/C20H22FN/c21-20-9-2-1-7-19(20)18-8-5-6-15-14-16(10-11-17(15)18)22-12-3-4-13-22/h1-2,5-9,16H,3-4,10-14H2. The predicted molar refractivity (Wildman–Crippen MR) is 88.5 cm³/mol. The van der Waals surface area contributed by atoms with Crippen molar-refractivity contribution in [3.63, 3.8) is 0 Å². The molecule has 1 heterocycles. The van der Waals surface area contributed by atoms with Gasteiger partial charge in [-0.2, -0.15) is 0 Å². The molecule has 1 fully saturated rings. The van der Waals surface area contributed by atoms with Gasteiger partial charge in [0.25, 0.3) is 0 Å². The predicted octanol–water partition coefficient (Wildman–Crippen LogP) is 4.45. The number of benzene rings is 2. The third-order valence-electron chi connectivity index (χ3n) is 5.28. The van der Waals surface area contributed by atoms with Gasteiger partial charge in [-0.3, -0.25) is 0 Å². The maximum atomic E-state index is 14.2. The molecule has 0 spiro atoms. The van der Waals surface area contributed by atoms with Crippen molar-refractivity contribution < 1.29 is 4.39 Å². The van der Waals surface area contributed by atoms with Crippen LogP contribution in [-0.2, 0) is 12.8 Å². The number of hydrogen-bond donors (Lipinski definition) is 0. The van der Waals surface area contributed by atoms with Gasteiger partial charge in [-0.15, -0.1) is 0 Å². The summed E-state index contributed by atoms with van der Waals surface area (Å²) in [5, 5.41) is 0. The lowest BCUT2D eigenvalue weighted by atomic mass is 9.83. The molecule has 114 valence electrons. The smallest absolute Gasteiger partial charge is 0.131 e. The summed E-state index contributed by atoms with van der Waals surface area (Å²) in [5.74, 6) is -0.113. The van der Waals surface area contributed by atoms with Crippen molar-refractivity contribution in [1.82, 2.24) is 4.90 Å². The van der Waals surface area contributed by atoms with Crippen molar-refractivity contribution in [2.75, 3.05) is 13.1 Å². The van der Waals surface area contributed by atoms with E-state index in [-0.39, 0.29) is 5.82 Å². The van der Waals surface area contributed by atoms with Crippen molar-refractivity contribution in [1.29, 1.82) is 0 Å². The fourth-order valence-corrected chi connectivity index (χ4v) is 4.14. The summed E-state index contributed by atoms with van der Waals surface area (Å²) in [4.78, 5) is 2.65. The van der Waals surface area contributed by atoms with Gasteiger partial charge in [-0.25, -0.2) is 4.39 Å². The molecule has 1 aliphatic carbocycles. The van der Waals surface area contributed by atoms with Crippen LogP contribution in [0.5, 0.6) is 0 Å². The second-order valence-electron chi connectivity index (χ2n) is 6.56. The van der Waals surface area contributed by atoms with Gasteiger partial charge in [0, 0.05) is 11.6 Å². The molecular weight excluding hydrogens is 273 g/mol. The van der Waals surface area contributed by atoms with Crippen LogP contribution < -0.4 is 0 Å². The molecule has 1 atom stereocenters. The van der Waals surface area contributed by atoms with E-state index in [4.69, 9.17) is 0 Å². The summed E-state index contributed by atoms with van der Waals surface area (Å²) in [6, 6.07) is 14.2. The van der Waals surface area contributed by atoms with Crippen molar-refractivity contribution in [2.24, 2.45) is 0 Å². The van der Waals surface area contributed by atoms with Crippen LogP contribution in [0.2, 0.25) is 0 Å². The molecule has 1 aliphatic heterocycles. The normalized spacial score (nSPS) is 21.8. The number of rotatable bonds is 2. The number of fused-ring (bicyclic) bond motifs is 1. The van der Waals surface area contributed by atoms with Gasteiger partial charge in [0.1, 0.15) is 5.82 Å². The molecule has 0 radical (unpaired) electrons. The molecule has 1 unspecified atom stereocenters. The second-order valence-corrected chi connectivity index (χ2v) is 6.56. The molecule has 2 aromatic rings. The van der Waals surface area contributed by atoms with E-state index in [1.807, 2.05) is 12.1 Å². The van der Waals surface area contributed by atoms with Gasteiger partial charge in [-0.1, -0.05) is 36.4 Å². The molecule has 22 heavy (non-hydrogen) atoms. The molecule has 0 amide bonds. The Kier molecular flexibility index (Phi) is 3.71. The highest BCUT2D eigenvalue weighted by molar-refractivity contribution is 5.69. The number of halogens is 1. The average molecular weight is 295 g/mol. The monoisotopic (exact) mass is 295 g/mol. The van der Waals surface area contributed by atoms with E-state index >= 15 is 0 Å². The SMILES string of the molecule is Fc1ccccc1-c1cccc2c1CCC(N1CCCC1)C2. The van der Waals surface area contributed by atoms with Crippen LogP contribution in [0.1, 0.15) is 30.4 Å². The molecule has 2 heteroatoms. The second kappa shape index (κ2) is 5.85. The molecule has 2 aromatic carbocycles. The minimum atomic E-state index is -0.113. The van der Waals surface area contributed by atoms with E-state index in [1.165, 1.54) is 43.5 Å². The van der Waals surface area contributed by atoms with Gasteiger partial charge in [0.15, 0.2) is 0 Å². The number of hydrogen-bond acceptors (Lipinski definition) is 1. The van der Waals surface area contributed by atoms with E-state index in [0.29, 0.717) is 6.04 Å². The first-order valence-electron chi connectivity index (χ1n) is 8.42. The van der Waals surface area contributed by atoms with E-state index in [9.17, 15) is 4.39 Å². The van der Waals surface area contributed by atoms with Crippen LogP contribution in [0, 0.1) is 5.82 Å². The van der Waals surface area contributed by atoms with Gasteiger partial charge >= 0.3 is 0 Å². The van der Waals surface area contributed by atoms with Crippen LogP contribution in [-0.4, -0.2) is 24.0 Å². The first-order chi connectivity index (χ1) is 10.8. The minimum absolute atomic E-state index is 0.113. The number of likely N-dealkylation sites (tertiary alicyclic amines) is 1. The third kappa shape index (κ3) is 2.46. The van der Waals surface area contributed by atoms with Gasteiger partial charge in [-0.05, 0) is 68.0 Å². The highest BCUT2D eigenvalue weighted by Crippen LogP contribution is 2.34. The summed E-state index contributed by atoms with van der Waals surface area (Å²) in [7, 11) is 0. The molecule has 2 aliphatic rings. The fourth-order valence-electron chi connectivity index (χ4n) is 4.14. The van der Waals surface area contributed by atoms with E-state index in [0.717, 1.165) is 24.0 Å². The Morgan fingerprint density at radius 3 is 2.50 bits per heavy atom. The van der Waals surface area contributed by atoms with Crippen molar-refractivity contribution in [2.45, 2.75) is 38.1 Å². The lowest BCUT2D eigenvalue weighted by Gasteiger charge is -2.33. The van der Waals surface area contributed by atoms with Crippen molar-refractivity contribution in [3.05, 3.63) is 59.4 Å². The summed E-state index contributed by atoms with van der Waals surface area (Å²) >= 11 is 0. The van der Waals surface area contributed by atoms with Crippen LogP contribution in [0.15, 0.2) is 42.5 Å². The molecule has 0 bridgehead atoms. The largest absolute Gasteiger partial charge is 0.300 e. The van der Waals surface area contributed by atoms with Crippen molar-refractivity contribution in [3.8, 4) is 11.1 Å². The van der Waals surface area contributed by atoms with E-state index in [2.05, 4.69) is 23.1 Å². The Labute approximate surface area is 131 Å². The van der Waals surface area contributed by atoms with Gasteiger partial charge < -0.3 is 4.90 Å². The molecule has 4 rings (SSSR count). The Morgan fingerprint density at radius 1 is 0.909 bits per heavy atom.